The van der Waals surface area contributed by atoms with Gasteiger partial charge in [0.1, 0.15) is 5.75 Å². The second kappa shape index (κ2) is 7.54. The predicted octanol–water partition coefficient (Wildman–Crippen LogP) is 4.29. The van der Waals surface area contributed by atoms with E-state index in [1.54, 1.807) is 11.0 Å². The summed E-state index contributed by atoms with van der Waals surface area (Å²) in [6.07, 6.45) is 5.59. The fourth-order valence-corrected chi connectivity index (χ4v) is 7.15. The van der Waals surface area contributed by atoms with Gasteiger partial charge in [0.05, 0.1) is 17.9 Å². The van der Waals surface area contributed by atoms with Crippen LogP contribution in [0.2, 0.25) is 0 Å². The number of hydrogen-bond donors (Lipinski definition) is 2. The first-order valence-electron chi connectivity index (χ1n) is 12.4. The summed E-state index contributed by atoms with van der Waals surface area (Å²) >= 11 is 0. The molecule has 0 radical (unpaired) electrons. The molecular formula is C27H31NO5. The molecule has 0 spiro atoms. The molecule has 2 saturated heterocycles. The molecule has 0 unspecified atom stereocenters. The summed E-state index contributed by atoms with van der Waals surface area (Å²) < 4.78 is 6.36. The molecule has 6 heteroatoms. The maximum Gasteiger partial charge on any atom is 0.233 e. The molecule has 4 fully saturated rings. The van der Waals surface area contributed by atoms with Crippen molar-refractivity contribution >= 4 is 22.6 Å². The number of ether oxygens (including phenoxy) is 1. The van der Waals surface area contributed by atoms with Gasteiger partial charge in [-0.3, -0.25) is 14.5 Å². The normalized spacial score (nSPS) is 36.9. The van der Waals surface area contributed by atoms with Crippen molar-refractivity contribution in [3.8, 4) is 5.75 Å². The first-order chi connectivity index (χ1) is 15.9. The monoisotopic (exact) mass is 449 g/mol. The summed E-state index contributed by atoms with van der Waals surface area (Å²) in [4.78, 5) is 28.6. The topological polar surface area (TPSA) is 87.1 Å². The van der Waals surface area contributed by atoms with E-state index in [-0.39, 0.29) is 35.4 Å². The Morgan fingerprint density at radius 2 is 1.70 bits per heavy atom. The Kier molecular flexibility index (Phi) is 4.82. The molecule has 2 N–H and O–H groups in total. The fraction of sp³-hybridized carbons (Fsp3) is 0.556. The standard InChI is InChI=1S/C27H31NO5/c1-15-13-20-24(26(31)28(25(20)30)16-7-3-2-4-8-16)21-14-23(33-27(15,21)32)19-11-12-22(29)18-10-6-5-9-17(18)19/h5-6,9-12,15-16,20-21,23-24,29,32H,2-4,7-8,13-14H2,1H3/t15-,20-,21-,23-,24-,27+/m0/s1. The number of carbonyl (C=O) groups is 2. The molecule has 4 aliphatic rings. The van der Waals surface area contributed by atoms with Crippen LogP contribution in [0.15, 0.2) is 36.4 Å². The van der Waals surface area contributed by atoms with Crippen LogP contribution in [0, 0.1) is 23.7 Å². The van der Waals surface area contributed by atoms with Gasteiger partial charge in [-0.2, -0.15) is 0 Å². The van der Waals surface area contributed by atoms with Crippen molar-refractivity contribution < 1.29 is 24.5 Å². The zero-order valence-electron chi connectivity index (χ0n) is 18.9. The predicted molar refractivity (Wildman–Crippen MR) is 122 cm³/mol. The van der Waals surface area contributed by atoms with E-state index in [9.17, 15) is 19.8 Å². The smallest absolute Gasteiger partial charge is 0.233 e. The third kappa shape index (κ3) is 3.00. The van der Waals surface area contributed by atoms with Gasteiger partial charge < -0.3 is 14.9 Å². The first kappa shape index (κ1) is 21.1. The van der Waals surface area contributed by atoms with Crippen molar-refractivity contribution in [3.63, 3.8) is 0 Å². The number of likely N-dealkylation sites (tertiary alicyclic amines) is 1. The molecule has 2 amide bonds. The van der Waals surface area contributed by atoms with Crippen LogP contribution in [0.4, 0.5) is 0 Å². The lowest BCUT2D eigenvalue weighted by molar-refractivity contribution is -0.265. The maximum absolute atomic E-state index is 13.6. The highest BCUT2D eigenvalue weighted by Crippen LogP contribution is 2.59. The molecule has 33 heavy (non-hydrogen) atoms. The molecule has 0 bridgehead atoms. The average Bonchev–Trinajstić information content (AvgIpc) is 3.29. The van der Waals surface area contributed by atoms with E-state index in [0.29, 0.717) is 12.8 Å². The number of rotatable bonds is 2. The van der Waals surface area contributed by atoms with Crippen molar-refractivity contribution in [2.45, 2.75) is 69.8 Å². The summed E-state index contributed by atoms with van der Waals surface area (Å²) in [5.41, 5.74) is 0.899. The van der Waals surface area contributed by atoms with Crippen LogP contribution >= 0.6 is 0 Å². The zero-order valence-corrected chi connectivity index (χ0v) is 18.9. The summed E-state index contributed by atoms with van der Waals surface area (Å²) in [6, 6.07) is 11.1. The lowest BCUT2D eigenvalue weighted by Crippen LogP contribution is -2.52. The van der Waals surface area contributed by atoms with E-state index in [1.165, 1.54) is 0 Å². The van der Waals surface area contributed by atoms with Crippen LogP contribution in [0.5, 0.6) is 5.75 Å². The van der Waals surface area contributed by atoms with E-state index in [2.05, 4.69) is 0 Å². The Labute approximate surface area is 193 Å². The van der Waals surface area contributed by atoms with Crippen molar-refractivity contribution in [1.29, 1.82) is 0 Å². The van der Waals surface area contributed by atoms with Gasteiger partial charge in [-0.25, -0.2) is 0 Å². The minimum absolute atomic E-state index is 0.00640. The third-order valence-corrected chi connectivity index (χ3v) is 8.81. The number of fused-ring (bicyclic) bond motifs is 4. The number of phenolic OH excluding ortho intramolecular Hbond substituents is 1. The van der Waals surface area contributed by atoms with Gasteiger partial charge in [0.25, 0.3) is 0 Å². The highest BCUT2D eigenvalue weighted by atomic mass is 16.6. The summed E-state index contributed by atoms with van der Waals surface area (Å²) in [7, 11) is 0. The van der Waals surface area contributed by atoms with Gasteiger partial charge in [-0.05, 0) is 42.7 Å². The first-order valence-corrected chi connectivity index (χ1v) is 12.4. The van der Waals surface area contributed by atoms with E-state index < -0.39 is 23.7 Å². The largest absolute Gasteiger partial charge is 0.507 e. The van der Waals surface area contributed by atoms with Crippen LogP contribution in [0.3, 0.4) is 0 Å². The summed E-state index contributed by atoms with van der Waals surface area (Å²) in [5, 5.41) is 23.7. The molecule has 2 heterocycles. The lowest BCUT2D eigenvalue weighted by Gasteiger charge is -2.43. The Bertz CT molecular complexity index is 1120. The third-order valence-electron chi connectivity index (χ3n) is 8.81. The van der Waals surface area contributed by atoms with Crippen LogP contribution in [0.1, 0.15) is 63.5 Å². The molecule has 2 aliphatic carbocycles. The number of hydrogen-bond acceptors (Lipinski definition) is 5. The van der Waals surface area contributed by atoms with Crippen molar-refractivity contribution in [3.05, 3.63) is 42.0 Å². The fourth-order valence-electron chi connectivity index (χ4n) is 7.15. The molecule has 6 rings (SSSR count). The van der Waals surface area contributed by atoms with E-state index in [4.69, 9.17) is 4.74 Å². The molecule has 174 valence electrons. The second-order valence-electron chi connectivity index (χ2n) is 10.5. The van der Waals surface area contributed by atoms with Crippen molar-refractivity contribution in [2.75, 3.05) is 0 Å². The number of aliphatic hydroxyl groups is 1. The van der Waals surface area contributed by atoms with Gasteiger partial charge in [0, 0.05) is 23.3 Å². The molecular weight excluding hydrogens is 418 g/mol. The molecule has 0 aromatic heterocycles. The number of nitrogens with zero attached hydrogens (tertiary/aromatic N) is 1. The quantitative estimate of drug-likeness (QED) is 0.668. The van der Waals surface area contributed by atoms with Crippen LogP contribution in [0.25, 0.3) is 10.8 Å². The van der Waals surface area contributed by atoms with E-state index >= 15 is 0 Å². The van der Waals surface area contributed by atoms with Gasteiger partial charge in [-0.15, -0.1) is 0 Å². The van der Waals surface area contributed by atoms with Crippen molar-refractivity contribution in [2.24, 2.45) is 23.7 Å². The van der Waals surface area contributed by atoms with Crippen molar-refractivity contribution in [1.82, 2.24) is 4.90 Å². The molecule has 6 atom stereocenters. The number of imide groups is 1. The molecule has 2 aliphatic heterocycles. The van der Waals surface area contributed by atoms with Gasteiger partial charge in [0.15, 0.2) is 5.79 Å². The Morgan fingerprint density at radius 3 is 2.45 bits per heavy atom. The highest BCUT2D eigenvalue weighted by Gasteiger charge is 2.66. The number of phenols is 1. The maximum atomic E-state index is 13.6. The number of amides is 2. The summed E-state index contributed by atoms with van der Waals surface area (Å²) in [6.45, 7) is 1.93. The van der Waals surface area contributed by atoms with E-state index in [0.717, 1.165) is 48.4 Å². The minimum Gasteiger partial charge on any atom is -0.507 e. The summed E-state index contributed by atoms with van der Waals surface area (Å²) in [5.74, 6) is -2.93. The van der Waals surface area contributed by atoms with Gasteiger partial charge in [0.2, 0.25) is 11.8 Å². The molecule has 2 saturated carbocycles. The zero-order chi connectivity index (χ0) is 22.9. The Morgan fingerprint density at radius 1 is 0.970 bits per heavy atom. The van der Waals surface area contributed by atoms with Gasteiger partial charge in [-0.1, -0.05) is 56.5 Å². The lowest BCUT2D eigenvalue weighted by atomic mass is 9.65. The van der Waals surface area contributed by atoms with Crippen LogP contribution in [-0.4, -0.2) is 38.8 Å². The second-order valence-corrected chi connectivity index (χ2v) is 10.5. The SMILES string of the molecule is C[C@H]1C[C@@H]2C(=O)N(C3CCCCC3)C(=O)[C@@H]2[C@@H]2C[C@@H](c3ccc(O)c4ccccc34)O[C@]12O. The van der Waals surface area contributed by atoms with Crippen LogP contribution < -0.4 is 0 Å². The molecule has 2 aromatic rings. The number of carbonyl (C=O) groups excluding carboxylic acids is 2. The van der Waals surface area contributed by atoms with E-state index in [1.807, 2.05) is 37.3 Å². The van der Waals surface area contributed by atoms with Gasteiger partial charge >= 0.3 is 0 Å². The molecule has 2 aromatic carbocycles. The Hall–Kier alpha value is -2.44. The average molecular weight is 450 g/mol. The Balaban J connectivity index is 1.36. The number of aromatic hydroxyl groups is 1. The van der Waals surface area contributed by atoms with Crippen LogP contribution in [-0.2, 0) is 14.3 Å². The minimum atomic E-state index is -1.44. The number of benzene rings is 2. The highest BCUT2D eigenvalue weighted by molar-refractivity contribution is 6.06. The molecule has 6 nitrogen and oxygen atoms in total.